The first-order valence-electron chi connectivity index (χ1n) is 7.48. The van der Waals surface area contributed by atoms with E-state index in [1.807, 2.05) is 20.8 Å². The summed E-state index contributed by atoms with van der Waals surface area (Å²) in [7, 11) is 0. The van der Waals surface area contributed by atoms with Crippen molar-refractivity contribution in [3.63, 3.8) is 0 Å². The van der Waals surface area contributed by atoms with Gasteiger partial charge in [0.25, 0.3) is 5.91 Å². The van der Waals surface area contributed by atoms with E-state index in [4.69, 9.17) is 4.74 Å². The number of hydrogen-bond acceptors (Lipinski definition) is 4. The Morgan fingerprint density at radius 1 is 1.23 bits per heavy atom. The maximum absolute atomic E-state index is 12.1. The van der Waals surface area contributed by atoms with Gasteiger partial charge in [0, 0.05) is 17.3 Å². The molecule has 22 heavy (non-hydrogen) atoms. The molecular formula is C16H26N2O4. The Labute approximate surface area is 131 Å². The average molecular weight is 310 g/mol. The first-order chi connectivity index (χ1) is 10.1. The highest BCUT2D eigenvalue weighted by Gasteiger charge is 2.21. The molecule has 0 aromatic carbocycles. The molecule has 3 N–H and O–H groups in total. The van der Waals surface area contributed by atoms with Crippen LogP contribution < -0.4 is 5.32 Å². The predicted octanol–water partition coefficient (Wildman–Crippen LogP) is 2.00. The van der Waals surface area contributed by atoms with Crippen LogP contribution in [-0.4, -0.2) is 34.6 Å². The van der Waals surface area contributed by atoms with Crippen molar-refractivity contribution in [1.29, 1.82) is 0 Å². The molecule has 0 fully saturated rings. The van der Waals surface area contributed by atoms with Gasteiger partial charge in [-0.15, -0.1) is 0 Å². The maximum atomic E-state index is 12.1. The van der Waals surface area contributed by atoms with E-state index < -0.39 is 12.1 Å². The van der Waals surface area contributed by atoms with Crippen molar-refractivity contribution in [3.05, 3.63) is 22.5 Å². The standard InChI is InChI=1S/C16H26N2O4/c1-8(2)10(4)17-13(20)7-22-16(21)15-9(3)14(12(6)19)11(5)18-15/h8,10,12,18-19H,7H2,1-6H3,(H,17,20)/t10-,12-/m1/s1. The summed E-state index contributed by atoms with van der Waals surface area (Å²) in [5, 5.41) is 12.5. The summed E-state index contributed by atoms with van der Waals surface area (Å²) in [4.78, 5) is 26.7. The highest BCUT2D eigenvalue weighted by Crippen LogP contribution is 2.24. The van der Waals surface area contributed by atoms with E-state index in [2.05, 4.69) is 10.3 Å². The molecule has 1 amide bonds. The molecule has 0 aliphatic heterocycles. The molecule has 0 unspecified atom stereocenters. The van der Waals surface area contributed by atoms with Crippen molar-refractivity contribution >= 4 is 11.9 Å². The molecule has 1 aromatic heterocycles. The SMILES string of the molecule is Cc1[nH]c(C(=O)OCC(=O)N[C@H](C)C(C)C)c(C)c1[C@@H](C)O. The smallest absolute Gasteiger partial charge is 0.355 e. The minimum Gasteiger partial charge on any atom is -0.451 e. The number of H-pyrrole nitrogens is 1. The van der Waals surface area contributed by atoms with E-state index in [-0.39, 0.29) is 24.2 Å². The zero-order valence-corrected chi connectivity index (χ0v) is 14.1. The Balaban J connectivity index is 2.67. The van der Waals surface area contributed by atoms with Crippen LogP contribution in [0.15, 0.2) is 0 Å². The second-order valence-corrected chi connectivity index (χ2v) is 6.02. The molecule has 0 aliphatic carbocycles. The molecule has 1 heterocycles. The van der Waals surface area contributed by atoms with Crippen LogP contribution in [0.3, 0.4) is 0 Å². The van der Waals surface area contributed by atoms with E-state index in [9.17, 15) is 14.7 Å². The van der Waals surface area contributed by atoms with Crippen molar-refractivity contribution in [1.82, 2.24) is 10.3 Å². The number of amides is 1. The molecule has 0 saturated carbocycles. The number of aromatic amines is 1. The summed E-state index contributed by atoms with van der Waals surface area (Å²) >= 11 is 0. The Morgan fingerprint density at radius 2 is 1.82 bits per heavy atom. The van der Waals surface area contributed by atoms with Gasteiger partial charge in [0.15, 0.2) is 6.61 Å². The first kappa shape index (κ1) is 18.2. The van der Waals surface area contributed by atoms with Crippen LogP contribution in [0.4, 0.5) is 0 Å². The lowest BCUT2D eigenvalue weighted by Crippen LogP contribution is -2.38. The third kappa shape index (κ3) is 4.34. The van der Waals surface area contributed by atoms with Gasteiger partial charge in [0.1, 0.15) is 5.69 Å². The van der Waals surface area contributed by atoms with Crippen LogP contribution in [0.1, 0.15) is 61.1 Å². The lowest BCUT2D eigenvalue weighted by atomic mass is 10.1. The number of aromatic nitrogens is 1. The minimum absolute atomic E-state index is 0.0162. The van der Waals surface area contributed by atoms with Gasteiger partial charge in [-0.2, -0.15) is 0 Å². The van der Waals surface area contributed by atoms with Crippen LogP contribution in [0, 0.1) is 19.8 Å². The Kier molecular flexibility index (Phi) is 6.17. The Morgan fingerprint density at radius 3 is 2.27 bits per heavy atom. The summed E-state index contributed by atoms with van der Waals surface area (Å²) < 4.78 is 5.04. The molecule has 0 radical (unpaired) electrons. The molecule has 1 aromatic rings. The summed E-state index contributed by atoms with van der Waals surface area (Å²) in [6.45, 7) is 10.7. The third-order valence-electron chi connectivity index (χ3n) is 3.84. The van der Waals surface area contributed by atoms with Crippen molar-refractivity contribution in [3.8, 4) is 0 Å². The van der Waals surface area contributed by atoms with Crippen LogP contribution in [0.25, 0.3) is 0 Å². The summed E-state index contributed by atoms with van der Waals surface area (Å²) in [5.74, 6) is -0.618. The second-order valence-electron chi connectivity index (χ2n) is 6.02. The van der Waals surface area contributed by atoms with Gasteiger partial charge in [-0.3, -0.25) is 4.79 Å². The normalized spacial score (nSPS) is 13.8. The minimum atomic E-state index is -0.673. The fourth-order valence-electron chi connectivity index (χ4n) is 2.26. The topological polar surface area (TPSA) is 91.4 Å². The summed E-state index contributed by atoms with van der Waals surface area (Å²) in [5.41, 5.74) is 2.33. The van der Waals surface area contributed by atoms with Crippen LogP contribution >= 0.6 is 0 Å². The molecule has 2 atom stereocenters. The fourth-order valence-corrected chi connectivity index (χ4v) is 2.26. The number of aliphatic hydroxyl groups excluding tert-OH is 1. The number of esters is 1. The van der Waals surface area contributed by atoms with E-state index in [0.717, 1.165) is 5.69 Å². The van der Waals surface area contributed by atoms with Gasteiger partial charge in [-0.1, -0.05) is 13.8 Å². The van der Waals surface area contributed by atoms with Crippen LogP contribution in [-0.2, 0) is 9.53 Å². The number of aryl methyl sites for hydroxylation is 1. The monoisotopic (exact) mass is 310 g/mol. The van der Waals surface area contributed by atoms with E-state index in [0.29, 0.717) is 17.0 Å². The molecule has 124 valence electrons. The molecule has 6 heteroatoms. The fraction of sp³-hybridized carbons (Fsp3) is 0.625. The highest BCUT2D eigenvalue weighted by molar-refractivity contribution is 5.91. The molecular weight excluding hydrogens is 284 g/mol. The largest absolute Gasteiger partial charge is 0.451 e. The lowest BCUT2D eigenvalue weighted by molar-refractivity contribution is -0.125. The second kappa shape index (κ2) is 7.45. The summed E-state index contributed by atoms with van der Waals surface area (Å²) in [6, 6.07) is 0.0162. The number of carbonyl (C=O) groups excluding carboxylic acids is 2. The van der Waals surface area contributed by atoms with Gasteiger partial charge < -0.3 is 20.1 Å². The van der Waals surface area contributed by atoms with E-state index in [1.165, 1.54) is 0 Å². The number of carbonyl (C=O) groups is 2. The van der Waals surface area contributed by atoms with Gasteiger partial charge in [-0.05, 0) is 39.2 Å². The van der Waals surface area contributed by atoms with Crippen molar-refractivity contribution in [2.45, 2.75) is 53.7 Å². The number of aliphatic hydroxyl groups is 1. The zero-order valence-electron chi connectivity index (χ0n) is 14.1. The number of rotatable bonds is 6. The quantitative estimate of drug-likeness (QED) is 0.701. The summed E-state index contributed by atoms with van der Waals surface area (Å²) in [6.07, 6.45) is -0.673. The Bertz CT molecular complexity index is 547. The Hall–Kier alpha value is -1.82. The van der Waals surface area contributed by atoms with Crippen molar-refractivity contribution in [2.75, 3.05) is 6.61 Å². The maximum Gasteiger partial charge on any atom is 0.355 e. The molecule has 0 spiro atoms. The van der Waals surface area contributed by atoms with Crippen LogP contribution in [0.5, 0.6) is 0 Å². The van der Waals surface area contributed by atoms with Crippen LogP contribution in [0.2, 0.25) is 0 Å². The van der Waals surface area contributed by atoms with Gasteiger partial charge in [0.05, 0.1) is 6.10 Å². The van der Waals surface area contributed by atoms with Gasteiger partial charge in [-0.25, -0.2) is 4.79 Å². The predicted molar refractivity (Wildman–Crippen MR) is 83.6 cm³/mol. The number of hydrogen-bond donors (Lipinski definition) is 3. The lowest BCUT2D eigenvalue weighted by Gasteiger charge is -2.17. The molecule has 6 nitrogen and oxygen atoms in total. The van der Waals surface area contributed by atoms with Crippen molar-refractivity contribution in [2.24, 2.45) is 5.92 Å². The van der Waals surface area contributed by atoms with E-state index >= 15 is 0 Å². The third-order valence-corrected chi connectivity index (χ3v) is 3.84. The van der Waals surface area contributed by atoms with Crippen molar-refractivity contribution < 1.29 is 19.4 Å². The first-order valence-corrected chi connectivity index (χ1v) is 7.48. The molecule has 0 saturated heterocycles. The zero-order chi connectivity index (χ0) is 17.0. The number of nitrogens with one attached hydrogen (secondary N) is 2. The van der Waals surface area contributed by atoms with Gasteiger partial charge in [0.2, 0.25) is 0 Å². The average Bonchev–Trinajstić information content (AvgIpc) is 2.71. The molecule has 0 aliphatic rings. The highest BCUT2D eigenvalue weighted by atomic mass is 16.5. The molecule has 1 rings (SSSR count). The molecule has 0 bridgehead atoms. The van der Waals surface area contributed by atoms with Gasteiger partial charge >= 0.3 is 5.97 Å². The van der Waals surface area contributed by atoms with E-state index in [1.54, 1.807) is 20.8 Å². The number of ether oxygens (including phenoxy) is 1.